The van der Waals surface area contributed by atoms with Crippen molar-refractivity contribution in [2.24, 2.45) is 5.73 Å². The summed E-state index contributed by atoms with van der Waals surface area (Å²) in [7, 11) is -20.0. The topological polar surface area (TPSA) is 357 Å². The predicted molar refractivity (Wildman–Crippen MR) is 195 cm³/mol. The van der Waals surface area contributed by atoms with Gasteiger partial charge in [-0.1, -0.05) is 0 Å². The van der Waals surface area contributed by atoms with Gasteiger partial charge in [-0.3, -0.25) is 33.0 Å². The first-order valence-electron chi connectivity index (χ1n) is 16.1. The number of carbonyl (C=O) groups excluding carboxylic acids is 3. The van der Waals surface area contributed by atoms with E-state index in [-0.39, 0.29) is 76.1 Å². The van der Waals surface area contributed by atoms with E-state index in [1.165, 1.54) is 28.4 Å². The quantitative estimate of drug-likeness (QED) is 0.0189. The number of nitrogens with one attached hydrogen (secondary N) is 4. The first-order valence-corrected chi connectivity index (χ1v) is 27.9. The lowest BCUT2D eigenvalue weighted by molar-refractivity contribution is -0.121. The molecule has 314 valence electrons. The van der Waals surface area contributed by atoms with Crippen molar-refractivity contribution in [2.45, 2.75) is 45.1 Å². The fourth-order valence-corrected chi connectivity index (χ4v) is 16.4. The maximum Gasteiger partial charge on any atom is 0.513 e. The number of carbonyl (C=O) groups is 3. The smallest absolute Gasteiger partial charge is 0.397 e. The summed E-state index contributed by atoms with van der Waals surface area (Å²) < 4.78 is 69.5. The van der Waals surface area contributed by atoms with Gasteiger partial charge in [0, 0.05) is 47.7 Å². The molecule has 0 saturated carbocycles. The maximum atomic E-state index is 12.8. The van der Waals surface area contributed by atoms with Crippen LogP contribution in [0.2, 0.25) is 6.55 Å². The molecule has 0 radical (unpaired) electrons. The maximum absolute atomic E-state index is 12.8. The monoisotopic (exact) mass is 882 g/mol. The summed E-state index contributed by atoms with van der Waals surface area (Å²) in [6.45, 7) is 1.77. The first-order chi connectivity index (χ1) is 24.4. The largest absolute Gasteiger partial charge is 0.513 e. The molecule has 0 fully saturated rings. The zero-order valence-corrected chi connectivity index (χ0v) is 36.2. The summed E-state index contributed by atoms with van der Waals surface area (Å²) in [4.78, 5) is 93.9. The lowest BCUT2D eigenvalue weighted by Gasteiger charge is -2.40. The van der Waals surface area contributed by atoms with Crippen LogP contribution < -0.4 is 27.0 Å². The highest BCUT2D eigenvalue weighted by atomic mass is 31.2. The molecule has 24 nitrogen and oxygen atoms in total. The second-order valence-electron chi connectivity index (χ2n) is 11.8. The van der Waals surface area contributed by atoms with Gasteiger partial charge in [0.1, 0.15) is 12.6 Å². The zero-order chi connectivity index (χ0) is 41.0. The molecule has 0 aliphatic heterocycles. The minimum absolute atomic E-state index is 0.0223. The highest BCUT2D eigenvalue weighted by molar-refractivity contribution is 7.52. The Labute approximate surface area is 312 Å². The van der Waals surface area contributed by atoms with Gasteiger partial charge < -0.3 is 82.3 Å². The molecule has 53 heavy (non-hydrogen) atoms. The van der Waals surface area contributed by atoms with E-state index in [9.17, 15) is 47.7 Å². The van der Waals surface area contributed by atoms with Gasteiger partial charge in [-0.2, -0.15) is 0 Å². The summed E-state index contributed by atoms with van der Waals surface area (Å²) in [5, 5.41) is 10.5. The number of hydrogen-bond acceptors (Lipinski definition) is 15. The van der Waals surface area contributed by atoms with Gasteiger partial charge in [0.2, 0.25) is 17.7 Å². The average Bonchev–Trinajstić information content (AvgIpc) is 3.05. The van der Waals surface area contributed by atoms with Gasteiger partial charge in [0.05, 0.1) is 24.8 Å². The standard InChI is InChI=1S/C23H57N6O18P3Si3/c1-42-51(5,16-26-23(32)11-8-14-29(19-49(36,37)38)20-50(39,40)41)46-53(45-4,18-28-22(31)10-7-13-25-15-48(33,34)35)47-52(43-2,44-3)17-27-21(30)9-6-12-24/h25H,6-20,24H2,1-5H3,(H,26,32)(H,27,30)(H,28,31)(H2,33,34,35)(H2,36,37,38)(H2,39,40,41). The molecule has 0 aromatic carbocycles. The van der Waals surface area contributed by atoms with Crippen molar-refractivity contribution in [3.8, 4) is 0 Å². The van der Waals surface area contributed by atoms with Crippen molar-refractivity contribution in [3.05, 3.63) is 0 Å². The summed E-state index contributed by atoms with van der Waals surface area (Å²) in [6, 6.07) is 0. The Morgan fingerprint density at radius 3 is 1.53 bits per heavy atom. The van der Waals surface area contributed by atoms with Gasteiger partial charge in [0.15, 0.2) is 0 Å². The van der Waals surface area contributed by atoms with Crippen LogP contribution in [0.3, 0.4) is 0 Å². The van der Waals surface area contributed by atoms with E-state index < -0.39 is 79.6 Å². The van der Waals surface area contributed by atoms with E-state index in [1.54, 1.807) is 6.55 Å². The van der Waals surface area contributed by atoms with Crippen LogP contribution in [-0.2, 0) is 54.0 Å². The lowest BCUT2D eigenvalue weighted by Crippen LogP contribution is -2.70. The van der Waals surface area contributed by atoms with E-state index in [2.05, 4.69) is 21.3 Å². The van der Waals surface area contributed by atoms with Crippen LogP contribution in [0.5, 0.6) is 0 Å². The fourth-order valence-electron chi connectivity index (χ4n) is 4.28. The van der Waals surface area contributed by atoms with Crippen LogP contribution in [0.25, 0.3) is 0 Å². The van der Waals surface area contributed by atoms with E-state index in [4.69, 9.17) is 41.5 Å². The molecule has 0 aromatic rings. The van der Waals surface area contributed by atoms with Crippen LogP contribution in [0.4, 0.5) is 0 Å². The molecule has 0 rings (SSSR count). The Bertz CT molecular complexity index is 1250. The Morgan fingerprint density at radius 2 is 1.09 bits per heavy atom. The molecule has 12 N–H and O–H groups in total. The summed E-state index contributed by atoms with van der Waals surface area (Å²) in [6.07, 6.45) is -2.72. The van der Waals surface area contributed by atoms with E-state index >= 15 is 0 Å². The number of nitrogens with zero attached hydrogens (tertiary/aromatic N) is 1. The van der Waals surface area contributed by atoms with Crippen molar-refractivity contribution in [1.82, 2.24) is 26.2 Å². The number of rotatable bonds is 31. The molecule has 0 spiro atoms. The van der Waals surface area contributed by atoms with Crippen LogP contribution in [-0.4, -0.2) is 164 Å². The van der Waals surface area contributed by atoms with Crippen molar-refractivity contribution >= 4 is 66.7 Å². The minimum Gasteiger partial charge on any atom is -0.397 e. The Morgan fingerprint density at radius 1 is 0.642 bits per heavy atom. The third-order valence-corrected chi connectivity index (χ3v) is 19.4. The normalized spacial score (nSPS) is 15.1. The van der Waals surface area contributed by atoms with Gasteiger partial charge in [-0.15, -0.1) is 0 Å². The first kappa shape index (κ1) is 52.2. The molecule has 30 heteroatoms. The van der Waals surface area contributed by atoms with Crippen molar-refractivity contribution < 1.29 is 83.4 Å². The van der Waals surface area contributed by atoms with Gasteiger partial charge >= 0.3 is 49.0 Å². The van der Waals surface area contributed by atoms with Crippen molar-refractivity contribution in [1.29, 1.82) is 0 Å². The fraction of sp³-hybridized carbons (Fsp3) is 0.870. The molecule has 0 aromatic heterocycles. The summed E-state index contributed by atoms with van der Waals surface area (Å²) in [5.41, 5.74) is 5.49. The van der Waals surface area contributed by atoms with E-state index in [1.807, 2.05) is 0 Å². The van der Waals surface area contributed by atoms with Crippen molar-refractivity contribution in [3.63, 3.8) is 0 Å². The number of nitrogens with two attached hydrogens (primary N) is 1. The highest BCUT2D eigenvalue weighted by Crippen LogP contribution is 2.40. The highest BCUT2D eigenvalue weighted by Gasteiger charge is 2.57. The van der Waals surface area contributed by atoms with Crippen LogP contribution >= 0.6 is 22.8 Å². The third-order valence-electron chi connectivity index (χ3n) is 6.99. The molecule has 0 heterocycles. The SMILES string of the molecule is CO[Si](C)(CNC(=O)CCCN(CP(=O)(O)O)CP(=O)(O)O)O[Si](CNC(=O)CCCNCP(=O)(O)O)(OC)O[Si](CNC(=O)CCCN)(OC)OC. The van der Waals surface area contributed by atoms with Crippen LogP contribution in [0.1, 0.15) is 38.5 Å². The molecule has 2 unspecified atom stereocenters. The molecule has 2 atom stereocenters. The van der Waals surface area contributed by atoms with Gasteiger partial charge in [-0.05, 0) is 45.4 Å². The molecule has 0 aliphatic rings. The average molecular weight is 883 g/mol. The Kier molecular flexibility index (Phi) is 24.3. The zero-order valence-electron chi connectivity index (χ0n) is 30.6. The molecule has 3 amide bonds. The van der Waals surface area contributed by atoms with Crippen LogP contribution in [0, 0.1) is 0 Å². The molecule has 0 aliphatic carbocycles. The predicted octanol–water partition coefficient (Wildman–Crippen LogP) is -2.88. The second kappa shape index (κ2) is 24.7. The summed E-state index contributed by atoms with van der Waals surface area (Å²) in [5.74, 6) is -1.41. The number of amides is 3. The Hall–Kier alpha value is -0.849. The van der Waals surface area contributed by atoms with E-state index in [0.29, 0.717) is 6.42 Å². The lowest BCUT2D eigenvalue weighted by atomic mass is 10.3. The van der Waals surface area contributed by atoms with Crippen LogP contribution in [0.15, 0.2) is 0 Å². The minimum atomic E-state index is -4.66. The van der Waals surface area contributed by atoms with Gasteiger partial charge in [0.25, 0.3) is 0 Å². The molecular weight excluding hydrogens is 825 g/mol. The van der Waals surface area contributed by atoms with Crippen molar-refractivity contribution in [2.75, 3.05) is 85.4 Å². The summed E-state index contributed by atoms with van der Waals surface area (Å²) >= 11 is 0. The van der Waals surface area contributed by atoms with E-state index in [0.717, 1.165) is 4.90 Å². The third kappa shape index (κ3) is 25.1. The number of hydrogen-bond donors (Lipinski definition) is 11. The second-order valence-corrected chi connectivity index (χ2v) is 26.0. The Balaban J connectivity index is 5.97. The van der Waals surface area contributed by atoms with Gasteiger partial charge in [-0.25, -0.2) is 0 Å². The molecule has 0 saturated heterocycles. The molecule has 0 bridgehead atoms. The molecular formula is C23H57N6O18P3Si3.